The zero-order valence-corrected chi connectivity index (χ0v) is 13.9. The molecule has 0 bridgehead atoms. The van der Waals surface area contributed by atoms with Crippen molar-refractivity contribution in [1.82, 2.24) is 10.3 Å². The molecule has 0 radical (unpaired) electrons. The molecule has 3 rings (SSSR count). The summed E-state index contributed by atoms with van der Waals surface area (Å²) in [6.07, 6.45) is 0. The molecular weight excluding hydrogens is 304 g/mol. The van der Waals surface area contributed by atoms with Gasteiger partial charge in [-0.05, 0) is 36.7 Å². The largest absolute Gasteiger partial charge is 0.303 e. The number of thiophene rings is 2. The van der Waals surface area contributed by atoms with Crippen molar-refractivity contribution in [2.24, 2.45) is 0 Å². The third-order valence-electron chi connectivity index (χ3n) is 3.05. The maximum Gasteiger partial charge on any atom is 0.110 e. The number of aryl methyl sites for hydroxylation is 1. The van der Waals surface area contributed by atoms with Gasteiger partial charge in [-0.3, -0.25) is 0 Å². The molecule has 5 heteroatoms. The minimum atomic E-state index is 0.306. The van der Waals surface area contributed by atoms with Crippen LogP contribution in [0.25, 0.3) is 10.4 Å². The number of nitrogens with zero attached hydrogens (tertiary/aromatic N) is 1. The molecule has 0 aliphatic heterocycles. The standard InChI is InChI=1S/C15H16N2S3/c1-10-8-20-15(17-10)11(2)16-7-13-6-12(9-19-13)14-4-3-5-18-14/h3-6,8-9,11,16H,7H2,1-2H3. The van der Waals surface area contributed by atoms with Gasteiger partial charge in [-0.25, -0.2) is 4.98 Å². The molecular formula is C15H16N2S3. The number of aromatic nitrogens is 1. The first-order valence-corrected chi connectivity index (χ1v) is 9.13. The average molecular weight is 321 g/mol. The fourth-order valence-corrected chi connectivity index (χ4v) is 4.41. The van der Waals surface area contributed by atoms with E-state index in [0.717, 1.165) is 17.2 Å². The summed E-state index contributed by atoms with van der Waals surface area (Å²) in [6, 6.07) is 6.86. The highest BCUT2D eigenvalue weighted by molar-refractivity contribution is 7.14. The van der Waals surface area contributed by atoms with E-state index in [4.69, 9.17) is 0 Å². The molecule has 2 nitrogen and oxygen atoms in total. The topological polar surface area (TPSA) is 24.9 Å². The average Bonchev–Trinajstić information content (AvgIpc) is 3.16. The van der Waals surface area contributed by atoms with E-state index in [0.29, 0.717) is 6.04 Å². The quantitative estimate of drug-likeness (QED) is 0.708. The normalized spacial score (nSPS) is 12.7. The predicted octanol–water partition coefficient (Wildman–Crippen LogP) is 5.09. The zero-order chi connectivity index (χ0) is 13.9. The lowest BCUT2D eigenvalue weighted by atomic mass is 10.2. The Morgan fingerprint density at radius 3 is 2.85 bits per heavy atom. The number of hydrogen-bond acceptors (Lipinski definition) is 5. The molecule has 0 spiro atoms. The first-order valence-electron chi connectivity index (χ1n) is 6.49. The van der Waals surface area contributed by atoms with Crippen LogP contribution in [-0.2, 0) is 6.54 Å². The van der Waals surface area contributed by atoms with E-state index in [1.54, 1.807) is 22.7 Å². The van der Waals surface area contributed by atoms with Gasteiger partial charge in [-0.1, -0.05) is 6.07 Å². The molecule has 0 fully saturated rings. The summed E-state index contributed by atoms with van der Waals surface area (Å²) in [5, 5.41) is 11.2. The van der Waals surface area contributed by atoms with E-state index in [-0.39, 0.29) is 0 Å². The third kappa shape index (κ3) is 3.17. The van der Waals surface area contributed by atoms with Crippen LogP contribution < -0.4 is 5.32 Å². The Morgan fingerprint density at radius 1 is 1.25 bits per heavy atom. The van der Waals surface area contributed by atoms with Gasteiger partial charge in [0.15, 0.2) is 0 Å². The van der Waals surface area contributed by atoms with Gasteiger partial charge in [0, 0.05) is 32.9 Å². The Balaban J connectivity index is 1.61. The molecule has 0 aliphatic rings. The van der Waals surface area contributed by atoms with Crippen molar-refractivity contribution < 1.29 is 0 Å². The highest BCUT2D eigenvalue weighted by atomic mass is 32.1. The lowest BCUT2D eigenvalue weighted by Crippen LogP contribution is -2.17. The highest BCUT2D eigenvalue weighted by Crippen LogP contribution is 2.29. The molecule has 0 saturated carbocycles. The van der Waals surface area contributed by atoms with Gasteiger partial charge in [0.1, 0.15) is 5.01 Å². The SMILES string of the molecule is Cc1csc(C(C)NCc2cc(-c3cccs3)cs2)n1. The fourth-order valence-electron chi connectivity index (χ4n) is 1.96. The smallest absolute Gasteiger partial charge is 0.110 e. The van der Waals surface area contributed by atoms with E-state index in [1.807, 2.05) is 18.3 Å². The van der Waals surface area contributed by atoms with Crippen LogP contribution in [0.1, 0.15) is 28.5 Å². The van der Waals surface area contributed by atoms with Gasteiger partial charge in [0.25, 0.3) is 0 Å². The van der Waals surface area contributed by atoms with Crippen molar-refractivity contribution in [3.63, 3.8) is 0 Å². The van der Waals surface area contributed by atoms with Crippen LogP contribution >= 0.6 is 34.0 Å². The summed E-state index contributed by atoms with van der Waals surface area (Å²) < 4.78 is 0. The Bertz CT molecular complexity index is 667. The lowest BCUT2D eigenvalue weighted by Gasteiger charge is -2.09. The van der Waals surface area contributed by atoms with Gasteiger partial charge in [0.2, 0.25) is 0 Å². The van der Waals surface area contributed by atoms with E-state index < -0.39 is 0 Å². The molecule has 0 aromatic carbocycles. The molecule has 1 unspecified atom stereocenters. The van der Waals surface area contributed by atoms with Crippen LogP contribution in [0, 0.1) is 6.92 Å². The fraction of sp³-hybridized carbons (Fsp3) is 0.267. The van der Waals surface area contributed by atoms with Crippen LogP contribution in [0.4, 0.5) is 0 Å². The summed E-state index contributed by atoms with van der Waals surface area (Å²) in [4.78, 5) is 7.24. The van der Waals surface area contributed by atoms with Crippen molar-refractivity contribution in [1.29, 1.82) is 0 Å². The number of hydrogen-bond donors (Lipinski definition) is 1. The third-order valence-corrected chi connectivity index (χ3v) is 6.05. The summed E-state index contributed by atoms with van der Waals surface area (Å²) >= 11 is 5.34. The number of nitrogens with one attached hydrogen (secondary N) is 1. The molecule has 20 heavy (non-hydrogen) atoms. The van der Waals surface area contributed by atoms with Gasteiger partial charge in [0.05, 0.1) is 6.04 Å². The second-order valence-corrected chi connectivity index (χ2v) is 7.54. The summed E-state index contributed by atoms with van der Waals surface area (Å²) in [6.45, 7) is 5.11. The van der Waals surface area contributed by atoms with E-state index in [1.165, 1.54) is 15.3 Å². The zero-order valence-electron chi connectivity index (χ0n) is 11.4. The van der Waals surface area contributed by atoms with Gasteiger partial charge < -0.3 is 5.32 Å². The van der Waals surface area contributed by atoms with Crippen LogP contribution in [-0.4, -0.2) is 4.98 Å². The maximum atomic E-state index is 4.53. The van der Waals surface area contributed by atoms with Gasteiger partial charge in [-0.15, -0.1) is 34.0 Å². The Hall–Kier alpha value is -1.01. The summed E-state index contributed by atoms with van der Waals surface area (Å²) in [5.74, 6) is 0. The molecule has 104 valence electrons. The molecule has 1 N–H and O–H groups in total. The minimum absolute atomic E-state index is 0.306. The van der Waals surface area contributed by atoms with Crippen molar-refractivity contribution >= 4 is 34.0 Å². The number of rotatable bonds is 5. The van der Waals surface area contributed by atoms with Crippen molar-refractivity contribution in [3.05, 3.63) is 49.9 Å². The molecule has 0 amide bonds. The molecule has 3 heterocycles. The Morgan fingerprint density at radius 2 is 2.15 bits per heavy atom. The van der Waals surface area contributed by atoms with Crippen molar-refractivity contribution in [2.45, 2.75) is 26.4 Å². The van der Waals surface area contributed by atoms with Crippen LogP contribution in [0.3, 0.4) is 0 Å². The molecule has 0 aliphatic carbocycles. The molecule has 3 aromatic rings. The first kappa shape index (κ1) is 13.9. The van der Waals surface area contributed by atoms with Crippen molar-refractivity contribution in [3.8, 4) is 10.4 Å². The minimum Gasteiger partial charge on any atom is -0.303 e. The van der Waals surface area contributed by atoms with Gasteiger partial charge >= 0.3 is 0 Å². The van der Waals surface area contributed by atoms with E-state index in [2.05, 4.69) is 51.6 Å². The molecule has 0 saturated heterocycles. The summed E-state index contributed by atoms with van der Waals surface area (Å²) in [7, 11) is 0. The second-order valence-electron chi connectivity index (χ2n) is 4.71. The van der Waals surface area contributed by atoms with Crippen LogP contribution in [0.2, 0.25) is 0 Å². The second kappa shape index (κ2) is 6.18. The van der Waals surface area contributed by atoms with Gasteiger partial charge in [-0.2, -0.15) is 0 Å². The molecule has 3 aromatic heterocycles. The Kier molecular flexibility index (Phi) is 4.31. The maximum absolute atomic E-state index is 4.53. The highest BCUT2D eigenvalue weighted by Gasteiger charge is 2.10. The summed E-state index contributed by atoms with van der Waals surface area (Å²) in [5.41, 5.74) is 2.44. The Labute approximate surface area is 131 Å². The van der Waals surface area contributed by atoms with E-state index in [9.17, 15) is 0 Å². The number of thiazole rings is 1. The van der Waals surface area contributed by atoms with Crippen LogP contribution in [0.15, 0.2) is 34.3 Å². The van der Waals surface area contributed by atoms with Crippen molar-refractivity contribution in [2.75, 3.05) is 0 Å². The van der Waals surface area contributed by atoms with Crippen LogP contribution in [0.5, 0.6) is 0 Å². The predicted molar refractivity (Wildman–Crippen MR) is 89.7 cm³/mol. The molecule has 1 atom stereocenters. The lowest BCUT2D eigenvalue weighted by molar-refractivity contribution is 0.575. The first-order chi connectivity index (χ1) is 9.72. The van der Waals surface area contributed by atoms with E-state index >= 15 is 0 Å². The monoisotopic (exact) mass is 320 g/mol.